The molecule has 18 heteroatoms. The zero-order chi connectivity index (χ0) is 47.5. The summed E-state index contributed by atoms with van der Waals surface area (Å²) in [6, 6.07) is 5.81. The number of carbonyl (C=O) groups is 8. The highest BCUT2D eigenvalue weighted by molar-refractivity contribution is 5.85. The molecule has 0 bridgehead atoms. The molecule has 18 nitrogen and oxygen atoms in total. The van der Waals surface area contributed by atoms with Gasteiger partial charge in [0.2, 0.25) is 11.8 Å². The van der Waals surface area contributed by atoms with Gasteiger partial charge in [-0.25, -0.2) is 9.59 Å². The molecule has 1 saturated heterocycles. The van der Waals surface area contributed by atoms with Gasteiger partial charge in [-0.1, -0.05) is 114 Å². The van der Waals surface area contributed by atoms with Gasteiger partial charge >= 0.3 is 35.8 Å². The van der Waals surface area contributed by atoms with E-state index in [9.17, 15) is 38.4 Å². The Balaban J connectivity index is 2.42. The van der Waals surface area contributed by atoms with E-state index in [2.05, 4.69) is 17.6 Å². The Kier molecular flexibility index (Phi) is 25.9. The average Bonchev–Trinajstić information content (AvgIpc) is 3.24. The van der Waals surface area contributed by atoms with Gasteiger partial charge in [0.1, 0.15) is 25.4 Å². The maximum atomic E-state index is 13.9. The molecule has 0 aromatic heterocycles. The van der Waals surface area contributed by atoms with Crippen molar-refractivity contribution < 1.29 is 76.3 Å². The lowest BCUT2D eigenvalue weighted by Crippen LogP contribution is -2.69. The van der Waals surface area contributed by atoms with Crippen LogP contribution in [-0.4, -0.2) is 110 Å². The smallest absolute Gasteiger partial charge is 0.366 e. The highest BCUT2D eigenvalue weighted by Crippen LogP contribution is 2.37. The van der Waals surface area contributed by atoms with Crippen molar-refractivity contribution in [3.63, 3.8) is 0 Å². The first-order valence-electron chi connectivity index (χ1n) is 22.3. The van der Waals surface area contributed by atoms with E-state index in [-0.39, 0.29) is 13.0 Å². The summed E-state index contributed by atoms with van der Waals surface area (Å²) in [6.07, 6.45) is 7.26. The molecule has 64 heavy (non-hydrogen) atoms. The molecule has 7 atom stereocenters. The molecule has 2 rings (SSSR count). The fourth-order valence-electron chi connectivity index (χ4n) is 7.33. The lowest BCUT2D eigenvalue weighted by molar-refractivity contribution is -0.315. The Morgan fingerprint density at radius 3 is 1.81 bits per heavy atom. The molecule has 0 unspecified atom stereocenters. The SMILES string of the molecule is CCCCCCCCCCCCCCCC(=O)N[C@@H](CO[C@]1(C(=O)OC)C[C@H](OC(C)=O)[C@@H](NC(C)=O)[C@H]([C@H](OC(C)=O)[C@@H](COC(C)=O)OC(C)=O)O1)C(=O)OCc1ccccc1. The topological polar surface area (TPSA) is 234 Å². The van der Waals surface area contributed by atoms with Gasteiger partial charge in [-0.3, -0.25) is 28.8 Å². The van der Waals surface area contributed by atoms with Crippen molar-refractivity contribution in [2.75, 3.05) is 20.3 Å². The van der Waals surface area contributed by atoms with Crippen molar-refractivity contribution in [1.29, 1.82) is 0 Å². The van der Waals surface area contributed by atoms with Crippen LogP contribution in [0.3, 0.4) is 0 Å². The lowest BCUT2D eigenvalue weighted by atomic mass is 9.88. The van der Waals surface area contributed by atoms with E-state index in [1.165, 1.54) is 51.4 Å². The van der Waals surface area contributed by atoms with Crippen LogP contribution in [0.5, 0.6) is 0 Å². The third kappa shape index (κ3) is 21.1. The zero-order valence-corrected chi connectivity index (χ0v) is 38.6. The summed E-state index contributed by atoms with van der Waals surface area (Å²) in [5.74, 6) is -9.46. The summed E-state index contributed by atoms with van der Waals surface area (Å²) in [5.41, 5.74) is 0.652. The molecule has 0 aliphatic carbocycles. The molecule has 0 saturated carbocycles. The van der Waals surface area contributed by atoms with Crippen molar-refractivity contribution in [1.82, 2.24) is 10.6 Å². The Morgan fingerprint density at radius 2 is 1.30 bits per heavy atom. The van der Waals surface area contributed by atoms with E-state index in [0.717, 1.165) is 67.4 Å². The predicted molar refractivity (Wildman–Crippen MR) is 230 cm³/mol. The Labute approximate surface area is 376 Å². The molecule has 0 radical (unpaired) electrons. The van der Waals surface area contributed by atoms with E-state index >= 15 is 0 Å². The van der Waals surface area contributed by atoms with Crippen LogP contribution in [-0.2, 0) is 82.9 Å². The highest BCUT2D eigenvalue weighted by Gasteiger charge is 2.59. The van der Waals surface area contributed by atoms with Gasteiger partial charge in [0, 0.05) is 41.0 Å². The van der Waals surface area contributed by atoms with Crippen LogP contribution in [0.15, 0.2) is 30.3 Å². The highest BCUT2D eigenvalue weighted by atomic mass is 16.7. The van der Waals surface area contributed by atoms with Crippen molar-refractivity contribution in [2.24, 2.45) is 0 Å². The van der Waals surface area contributed by atoms with Gasteiger partial charge in [0.05, 0.1) is 26.2 Å². The number of hydrogen-bond donors (Lipinski definition) is 2. The van der Waals surface area contributed by atoms with Crippen LogP contribution in [0.2, 0.25) is 0 Å². The van der Waals surface area contributed by atoms with E-state index < -0.39 is 110 Å². The maximum Gasteiger partial charge on any atom is 0.366 e. The normalized spacial score (nSPS) is 19.5. The minimum absolute atomic E-state index is 0.0812. The molecule has 1 aromatic rings. The van der Waals surface area contributed by atoms with Crippen molar-refractivity contribution >= 4 is 47.6 Å². The second-order valence-electron chi connectivity index (χ2n) is 15.9. The molecule has 1 aliphatic heterocycles. The quantitative estimate of drug-likeness (QED) is 0.0571. The first-order valence-corrected chi connectivity index (χ1v) is 22.3. The lowest BCUT2D eigenvalue weighted by Gasteiger charge is -2.48. The third-order valence-electron chi connectivity index (χ3n) is 10.3. The first-order chi connectivity index (χ1) is 30.5. The number of carbonyl (C=O) groups excluding carboxylic acids is 8. The summed E-state index contributed by atoms with van der Waals surface area (Å²) in [7, 11) is 1.00. The van der Waals surface area contributed by atoms with Gasteiger partial charge in [-0.15, -0.1) is 0 Å². The van der Waals surface area contributed by atoms with Gasteiger partial charge in [-0.2, -0.15) is 0 Å². The summed E-state index contributed by atoms with van der Waals surface area (Å²) in [5, 5.41) is 5.23. The molecule has 360 valence electrons. The molecule has 1 aliphatic rings. The largest absolute Gasteiger partial charge is 0.465 e. The number of ether oxygens (including phenoxy) is 8. The van der Waals surface area contributed by atoms with Gasteiger partial charge in [0.15, 0.2) is 18.2 Å². The Hall–Kier alpha value is -5.10. The van der Waals surface area contributed by atoms with E-state index in [1.54, 1.807) is 30.3 Å². The monoisotopic (exact) mass is 906 g/mol. The van der Waals surface area contributed by atoms with Crippen LogP contribution < -0.4 is 10.6 Å². The van der Waals surface area contributed by atoms with E-state index in [4.69, 9.17) is 37.9 Å². The number of hydrogen-bond acceptors (Lipinski definition) is 16. The number of methoxy groups -OCH3 is 1. The Morgan fingerprint density at radius 1 is 0.719 bits per heavy atom. The molecule has 1 aromatic carbocycles. The van der Waals surface area contributed by atoms with Crippen LogP contribution in [0.1, 0.15) is 143 Å². The molecule has 1 heterocycles. The Bertz CT molecular complexity index is 1640. The van der Waals surface area contributed by atoms with Crippen molar-refractivity contribution in [3.8, 4) is 0 Å². The van der Waals surface area contributed by atoms with Crippen molar-refractivity contribution in [2.45, 2.75) is 187 Å². The molecule has 2 amide bonds. The van der Waals surface area contributed by atoms with E-state index in [0.29, 0.717) is 12.0 Å². The predicted octanol–water partition coefficient (Wildman–Crippen LogP) is 5.23. The number of rotatable bonds is 30. The second-order valence-corrected chi connectivity index (χ2v) is 15.9. The minimum atomic E-state index is -2.62. The average molecular weight is 907 g/mol. The summed E-state index contributed by atoms with van der Waals surface area (Å²) in [6.45, 7) is 5.91. The molecular formula is C46H70N2O16. The standard InChI is InChI=1S/C46H70N2O16/c1-8-9-10-11-12-13-14-15-16-17-18-19-23-26-40(54)48-37(44(55)59-28-36-24-21-20-22-25-36)29-60-46(45(56)57-7)27-38(61-33(4)51)41(47-31(2)49)43(64-46)42(63-35(6)53)39(62-34(5)52)30-58-32(3)50/h20-22,24-25,37-39,41-43H,8-19,23,26-30H2,1-7H3,(H,47,49)(H,48,54)/t37-,38-,39+,41+,42+,43+,46+/m0/s1. The number of benzene rings is 1. The third-order valence-corrected chi connectivity index (χ3v) is 10.3. The fraction of sp³-hybridized carbons (Fsp3) is 0.696. The van der Waals surface area contributed by atoms with Crippen LogP contribution >= 0.6 is 0 Å². The molecule has 2 N–H and O–H groups in total. The van der Waals surface area contributed by atoms with E-state index in [1.807, 2.05) is 0 Å². The summed E-state index contributed by atoms with van der Waals surface area (Å²) < 4.78 is 44.8. The molecule has 0 spiro atoms. The number of amides is 2. The van der Waals surface area contributed by atoms with Crippen molar-refractivity contribution in [3.05, 3.63) is 35.9 Å². The number of unbranched alkanes of at least 4 members (excludes halogenated alkanes) is 12. The first kappa shape index (κ1) is 55.0. The molecule has 1 fully saturated rings. The summed E-state index contributed by atoms with van der Waals surface area (Å²) >= 11 is 0. The van der Waals surface area contributed by atoms with Crippen LogP contribution in [0.4, 0.5) is 0 Å². The fourth-order valence-corrected chi connectivity index (χ4v) is 7.33. The molecular weight excluding hydrogens is 837 g/mol. The minimum Gasteiger partial charge on any atom is -0.465 e. The van der Waals surface area contributed by atoms with Gasteiger partial charge < -0.3 is 48.5 Å². The summed E-state index contributed by atoms with van der Waals surface area (Å²) in [4.78, 5) is 103. The number of esters is 6. The maximum absolute atomic E-state index is 13.9. The van der Waals surface area contributed by atoms with Crippen LogP contribution in [0, 0.1) is 0 Å². The van der Waals surface area contributed by atoms with Gasteiger partial charge in [-0.05, 0) is 12.0 Å². The van der Waals surface area contributed by atoms with Crippen LogP contribution in [0.25, 0.3) is 0 Å². The number of nitrogens with one attached hydrogen (secondary N) is 2. The second kappa shape index (κ2) is 30.1. The van der Waals surface area contributed by atoms with Gasteiger partial charge in [0.25, 0.3) is 5.79 Å². The zero-order valence-electron chi connectivity index (χ0n) is 38.6.